The Morgan fingerprint density at radius 3 is 1.35 bits per heavy atom. The smallest absolute Gasteiger partial charge is 0.0352 e. The van der Waals surface area contributed by atoms with Gasteiger partial charge in [-0.3, -0.25) is 0 Å². The van der Waals surface area contributed by atoms with E-state index in [9.17, 15) is 0 Å². The lowest BCUT2D eigenvalue weighted by Crippen LogP contribution is -2.16. The van der Waals surface area contributed by atoms with Crippen LogP contribution in [0.4, 0.5) is 0 Å². The molecule has 2 unspecified atom stereocenters. The molecule has 1 aliphatic carbocycles. The minimum absolute atomic E-state index is 0.910. The molecule has 118 valence electrons. The Bertz CT molecular complexity index is 166. The first kappa shape index (κ1) is 18.1. The summed E-state index contributed by atoms with van der Waals surface area (Å²) in [6, 6.07) is 0. The summed E-state index contributed by atoms with van der Waals surface area (Å²) in [7, 11) is 0. The van der Waals surface area contributed by atoms with Gasteiger partial charge in [0.25, 0.3) is 0 Å². The average Bonchev–Trinajstić information content (AvgIpc) is 2.48. The monoisotopic (exact) mass is 278 g/mol. The lowest BCUT2D eigenvalue weighted by Gasteiger charge is -2.28. The van der Waals surface area contributed by atoms with E-state index >= 15 is 0 Å². The molecule has 1 fully saturated rings. The van der Waals surface area contributed by atoms with Crippen molar-refractivity contribution in [3.05, 3.63) is 12.8 Å². The Hall–Kier alpha value is 0. The second-order valence-corrected chi connectivity index (χ2v) is 6.87. The van der Waals surface area contributed by atoms with E-state index in [4.69, 9.17) is 0 Å². The Kier molecular flexibility index (Phi) is 11.5. The maximum atomic E-state index is 2.65. The number of hydrogen-bond donors (Lipinski definition) is 0. The predicted octanol–water partition coefficient (Wildman–Crippen LogP) is 7.14. The first-order valence-electron chi connectivity index (χ1n) is 9.53. The van der Waals surface area contributed by atoms with Crippen LogP contribution < -0.4 is 0 Å². The van der Waals surface area contributed by atoms with Crippen LogP contribution in [0.2, 0.25) is 0 Å². The van der Waals surface area contributed by atoms with E-state index in [0.717, 1.165) is 11.8 Å². The van der Waals surface area contributed by atoms with Crippen LogP contribution >= 0.6 is 0 Å². The van der Waals surface area contributed by atoms with Gasteiger partial charge in [-0.15, -0.1) is 0 Å². The van der Waals surface area contributed by atoms with Crippen molar-refractivity contribution < 1.29 is 0 Å². The highest BCUT2D eigenvalue weighted by Crippen LogP contribution is 2.33. The van der Waals surface area contributed by atoms with Gasteiger partial charge in [0.05, 0.1) is 0 Å². The summed E-state index contributed by atoms with van der Waals surface area (Å²) >= 11 is 0. The molecule has 1 saturated carbocycles. The maximum absolute atomic E-state index is 2.65. The molecule has 2 radical (unpaired) electrons. The van der Waals surface area contributed by atoms with E-state index in [1.54, 1.807) is 0 Å². The predicted molar refractivity (Wildman–Crippen MR) is 91.6 cm³/mol. The Balaban J connectivity index is 1.91. The van der Waals surface area contributed by atoms with Crippen molar-refractivity contribution in [2.24, 2.45) is 11.8 Å². The van der Waals surface area contributed by atoms with Crippen LogP contribution in [0.25, 0.3) is 0 Å². The number of unbranched alkanes of at least 4 members (excludes halogenated alkanes) is 8. The van der Waals surface area contributed by atoms with Gasteiger partial charge in [-0.25, -0.2) is 0 Å². The molecule has 0 aliphatic heterocycles. The van der Waals surface area contributed by atoms with Gasteiger partial charge in [-0.2, -0.15) is 0 Å². The first-order valence-corrected chi connectivity index (χ1v) is 9.53. The Morgan fingerprint density at radius 1 is 0.600 bits per heavy atom. The number of hydrogen-bond acceptors (Lipinski definition) is 0. The largest absolute Gasteiger partial charge is 0.0654 e. The molecule has 2 atom stereocenters. The van der Waals surface area contributed by atoms with Crippen LogP contribution in [0.3, 0.4) is 0 Å². The van der Waals surface area contributed by atoms with E-state index in [1.807, 2.05) is 0 Å². The average molecular weight is 279 g/mol. The van der Waals surface area contributed by atoms with Crippen molar-refractivity contribution in [2.75, 3.05) is 0 Å². The van der Waals surface area contributed by atoms with Crippen molar-refractivity contribution in [1.82, 2.24) is 0 Å². The normalized spacial score (nSPS) is 23.1. The molecule has 0 aromatic rings. The van der Waals surface area contributed by atoms with Crippen molar-refractivity contribution in [3.8, 4) is 0 Å². The second-order valence-electron chi connectivity index (χ2n) is 6.87. The molecule has 0 nitrogen and oxygen atoms in total. The first-order chi connectivity index (χ1) is 9.86. The van der Waals surface area contributed by atoms with Crippen LogP contribution in [-0.2, 0) is 0 Å². The van der Waals surface area contributed by atoms with Crippen molar-refractivity contribution in [1.29, 1.82) is 0 Å². The van der Waals surface area contributed by atoms with Crippen LogP contribution in [0.15, 0.2) is 0 Å². The summed E-state index contributed by atoms with van der Waals surface area (Å²) in [5.74, 6) is 1.82. The van der Waals surface area contributed by atoms with Gasteiger partial charge in [0, 0.05) is 0 Å². The van der Waals surface area contributed by atoms with Gasteiger partial charge < -0.3 is 0 Å². The molecule has 0 spiro atoms. The molecular formula is C20H38. The second kappa shape index (κ2) is 12.7. The minimum atomic E-state index is 0.910. The molecule has 0 amide bonds. The quantitative estimate of drug-likeness (QED) is 0.333. The Labute approximate surface area is 129 Å². The van der Waals surface area contributed by atoms with Crippen LogP contribution in [-0.4, -0.2) is 0 Å². The minimum Gasteiger partial charge on any atom is -0.0654 e. The van der Waals surface area contributed by atoms with Gasteiger partial charge in [0.2, 0.25) is 0 Å². The lowest BCUT2D eigenvalue weighted by molar-refractivity contribution is 0.372. The van der Waals surface area contributed by atoms with E-state index < -0.39 is 0 Å². The zero-order chi connectivity index (χ0) is 14.5. The van der Waals surface area contributed by atoms with E-state index in [1.165, 1.54) is 89.9 Å². The summed E-state index contributed by atoms with van der Waals surface area (Å²) in [5.41, 5.74) is 0. The molecule has 0 aromatic carbocycles. The third-order valence-electron chi connectivity index (χ3n) is 4.90. The van der Waals surface area contributed by atoms with Crippen molar-refractivity contribution in [2.45, 2.75) is 104 Å². The molecule has 0 heterocycles. The summed E-state index contributed by atoms with van der Waals surface area (Å²) < 4.78 is 0. The van der Waals surface area contributed by atoms with Crippen molar-refractivity contribution in [3.63, 3.8) is 0 Å². The van der Waals surface area contributed by atoms with E-state index in [0.29, 0.717) is 0 Å². The highest BCUT2D eigenvalue weighted by atomic mass is 14.3. The molecule has 0 aromatic heterocycles. The van der Waals surface area contributed by atoms with E-state index in [2.05, 4.69) is 26.7 Å². The standard InChI is InChI=1S/C20H38/c1-3-5-7-9-11-13-19-15-17-20(18-16-19)14-12-10-8-6-4-2/h15,18-20H,3-14,16-17H2,1-2H3. The molecule has 1 rings (SSSR count). The molecule has 1 aliphatic rings. The van der Waals surface area contributed by atoms with Gasteiger partial charge >= 0.3 is 0 Å². The summed E-state index contributed by atoms with van der Waals surface area (Å²) in [6.07, 6.45) is 25.3. The molecule has 20 heavy (non-hydrogen) atoms. The van der Waals surface area contributed by atoms with Crippen LogP contribution in [0.1, 0.15) is 104 Å². The molecule has 0 bridgehead atoms. The SMILES string of the molecule is CCCCCCCC1[CH]CC(CCCCCCC)[CH]C1. The zero-order valence-corrected chi connectivity index (χ0v) is 14.2. The summed E-state index contributed by atoms with van der Waals surface area (Å²) in [4.78, 5) is 0. The molecule has 0 heteroatoms. The van der Waals surface area contributed by atoms with Gasteiger partial charge in [0.15, 0.2) is 0 Å². The molecule has 0 saturated heterocycles. The highest BCUT2D eigenvalue weighted by molar-refractivity contribution is 4.94. The molecular weight excluding hydrogens is 240 g/mol. The fraction of sp³-hybridized carbons (Fsp3) is 0.900. The number of rotatable bonds is 12. The van der Waals surface area contributed by atoms with Crippen molar-refractivity contribution >= 4 is 0 Å². The van der Waals surface area contributed by atoms with Gasteiger partial charge in [-0.05, 0) is 37.5 Å². The highest BCUT2D eigenvalue weighted by Gasteiger charge is 2.20. The summed E-state index contributed by atoms with van der Waals surface area (Å²) in [6.45, 7) is 4.60. The molecule has 0 N–H and O–H groups in total. The third-order valence-corrected chi connectivity index (χ3v) is 4.90. The summed E-state index contributed by atoms with van der Waals surface area (Å²) in [5, 5.41) is 0. The van der Waals surface area contributed by atoms with Crippen LogP contribution in [0.5, 0.6) is 0 Å². The topological polar surface area (TPSA) is 0 Å². The van der Waals surface area contributed by atoms with Gasteiger partial charge in [0.1, 0.15) is 0 Å². The van der Waals surface area contributed by atoms with E-state index in [-0.39, 0.29) is 0 Å². The third kappa shape index (κ3) is 9.03. The fourth-order valence-corrected chi connectivity index (χ4v) is 3.42. The zero-order valence-electron chi connectivity index (χ0n) is 14.2. The lowest BCUT2D eigenvalue weighted by atomic mass is 9.78. The maximum Gasteiger partial charge on any atom is -0.0352 e. The fourth-order valence-electron chi connectivity index (χ4n) is 3.42. The van der Waals surface area contributed by atoms with Crippen LogP contribution in [0, 0.1) is 24.7 Å². The Morgan fingerprint density at radius 2 is 1.00 bits per heavy atom. The van der Waals surface area contributed by atoms with Gasteiger partial charge in [-0.1, -0.05) is 90.9 Å².